The van der Waals surface area contributed by atoms with Crippen molar-refractivity contribution < 1.29 is 10.2 Å². The highest BCUT2D eigenvalue weighted by molar-refractivity contribution is 6.76. The lowest BCUT2D eigenvalue weighted by atomic mass is 10.1. The molecule has 86 valence electrons. The van der Waals surface area contributed by atoms with Gasteiger partial charge in [-0.25, -0.2) is 0 Å². The first-order valence-electron chi connectivity index (χ1n) is 5.73. The lowest BCUT2D eigenvalue weighted by Crippen LogP contribution is -2.34. The van der Waals surface area contributed by atoms with Gasteiger partial charge >= 0.3 is 0 Å². The zero-order valence-corrected chi connectivity index (χ0v) is 11.1. The van der Waals surface area contributed by atoms with Gasteiger partial charge in [0.1, 0.15) is 0 Å². The predicted octanol–water partition coefficient (Wildman–Crippen LogP) is 2.63. The van der Waals surface area contributed by atoms with Gasteiger partial charge in [-0.3, -0.25) is 0 Å². The summed E-state index contributed by atoms with van der Waals surface area (Å²) in [6, 6.07) is 0.806. The monoisotopic (exact) mass is 218 g/mol. The number of unbranched alkanes of at least 4 members (excludes halogenated alkanes) is 2. The minimum absolute atomic E-state index is 0.501. The van der Waals surface area contributed by atoms with Crippen molar-refractivity contribution in [2.24, 2.45) is 0 Å². The van der Waals surface area contributed by atoms with E-state index >= 15 is 0 Å². The lowest BCUT2D eigenvalue weighted by Gasteiger charge is -2.24. The summed E-state index contributed by atoms with van der Waals surface area (Å²) in [6.07, 6.45) is 3.08. The Morgan fingerprint density at radius 2 is 1.57 bits per heavy atom. The second kappa shape index (κ2) is 6.59. The van der Waals surface area contributed by atoms with Crippen molar-refractivity contribution >= 4 is 8.07 Å². The Bertz CT molecular complexity index is 143. The Kier molecular flexibility index (Phi) is 6.65. The third-order valence-corrected chi connectivity index (χ3v) is 4.01. The van der Waals surface area contributed by atoms with Crippen LogP contribution in [-0.2, 0) is 0 Å². The van der Waals surface area contributed by atoms with E-state index in [4.69, 9.17) is 0 Å². The first kappa shape index (κ1) is 14.1. The molecule has 3 heteroatoms. The van der Waals surface area contributed by atoms with Crippen LogP contribution in [0.15, 0.2) is 0 Å². The molecule has 0 heterocycles. The van der Waals surface area contributed by atoms with Gasteiger partial charge in [0.15, 0.2) is 0 Å². The van der Waals surface area contributed by atoms with Gasteiger partial charge in [-0.2, -0.15) is 0 Å². The molecule has 0 aromatic carbocycles. The molecule has 0 fully saturated rings. The summed E-state index contributed by atoms with van der Waals surface area (Å²) in [5.74, 6) is 0. The molecule has 0 radical (unpaired) electrons. The average molecular weight is 218 g/mol. The van der Waals surface area contributed by atoms with Gasteiger partial charge in [-0.15, -0.1) is 0 Å². The molecule has 0 aliphatic rings. The number of hydrogen-bond donors (Lipinski definition) is 2. The van der Waals surface area contributed by atoms with Crippen LogP contribution in [0.25, 0.3) is 0 Å². The van der Waals surface area contributed by atoms with Crippen molar-refractivity contribution in [3.63, 3.8) is 0 Å². The summed E-state index contributed by atoms with van der Waals surface area (Å²) in [6.45, 7) is 8.80. The van der Waals surface area contributed by atoms with Crippen molar-refractivity contribution in [3.05, 3.63) is 0 Å². The van der Waals surface area contributed by atoms with Gasteiger partial charge in [0.2, 0.25) is 0 Å². The third kappa shape index (κ3) is 7.53. The maximum Gasteiger partial charge on any atom is 0.0796 e. The molecule has 2 N–H and O–H groups in total. The molecule has 2 nitrogen and oxygen atoms in total. The van der Waals surface area contributed by atoms with Gasteiger partial charge in [0.25, 0.3) is 0 Å². The van der Waals surface area contributed by atoms with E-state index < -0.39 is 20.3 Å². The molecule has 0 saturated heterocycles. The molecule has 0 aliphatic heterocycles. The zero-order valence-electron chi connectivity index (χ0n) is 10.1. The molecule has 2 atom stereocenters. The van der Waals surface area contributed by atoms with E-state index in [-0.39, 0.29) is 0 Å². The minimum Gasteiger partial charge on any atom is -0.391 e. The van der Waals surface area contributed by atoms with Crippen molar-refractivity contribution in [2.45, 2.75) is 70.5 Å². The maximum atomic E-state index is 9.74. The highest BCUT2D eigenvalue weighted by Gasteiger charge is 2.23. The molecule has 0 rings (SSSR count). The number of hydrogen-bond acceptors (Lipinski definition) is 2. The standard InChI is InChI=1S/C11H26O2Si/c1-5-6-7-8-10(12)11(13)9-14(2,3)4/h10-13H,5-9H2,1-4H3/t10-,11+/m0/s1. The van der Waals surface area contributed by atoms with E-state index in [0.717, 1.165) is 31.7 Å². The second-order valence-electron chi connectivity index (χ2n) is 5.40. The van der Waals surface area contributed by atoms with Crippen LogP contribution >= 0.6 is 0 Å². The Hall–Kier alpha value is 0.137. The van der Waals surface area contributed by atoms with Gasteiger partial charge in [0, 0.05) is 8.07 Å². The number of aliphatic hydroxyl groups is 2. The van der Waals surface area contributed by atoms with Crippen LogP contribution in [0.2, 0.25) is 25.7 Å². The van der Waals surface area contributed by atoms with Gasteiger partial charge < -0.3 is 10.2 Å². The van der Waals surface area contributed by atoms with E-state index in [1.165, 1.54) is 0 Å². The average Bonchev–Trinajstić information content (AvgIpc) is 2.01. The predicted molar refractivity (Wildman–Crippen MR) is 64.3 cm³/mol. The SMILES string of the molecule is CCCCC[C@H](O)[C@H](O)C[Si](C)(C)C. The molecule has 0 saturated carbocycles. The Morgan fingerprint density at radius 1 is 1.00 bits per heavy atom. The molecule has 0 bridgehead atoms. The summed E-state index contributed by atoms with van der Waals surface area (Å²) in [5.41, 5.74) is 0. The lowest BCUT2D eigenvalue weighted by molar-refractivity contribution is 0.0240. The van der Waals surface area contributed by atoms with Crippen molar-refractivity contribution in [2.75, 3.05) is 0 Å². The largest absolute Gasteiger partial charge is 0.391 e. The van der Waals surface area contributed by atoms with Crippen LogP contribution in [0.5, 0.6) is 0 Å². The van der Waals surface area contributed by atoms with Crippen LogP contribution in [0.1, 0.15) is 32.6 Å². The van der Waals surface area contributed by atoms with E-state index in [0.29, 0.717) is 0 Å². The van der Waals surface area contributed by atoms with Crippen LogP contribution in [0, 0.1) is 0 Å². The summed E-state index contributed by atoms with van der Waals surface area (Å²) in [4.78, 5) is 0. The zero-order chi connectivity index (χ0) is 11.2. The van der Waals surface area contributed by atoms with Crippen molar-refractivity contribution in [1.82, 2.24) is 0 Å². The molecule has 0 unspecified atom stereocenters. The highest BCUT2D eigenvalue weighted by atomic mass is 28.3. The van der Waals surface area contributed by atoms with Gasteiger partial charge in [-0.05, 0) is 12.5 Å². The number of aliphatic hydroxyl groups excluding tert-OH is 2. The first-order valence-corrected chi connectivity index (χ1v) is 9.43. The molecule has 14 heavy (non-hydrogen) atoms. The van der Waals surface area contributed by atoms with Crippen molar-refractivity contribution in [1.29, 1.82) is 0 Å². The van der Waals surface area contributed by atoms with E-state index in [2.05, 4.69) is 26.6 Å². The molecule has 0 spiro atoms. The normalized spacial score (nSPS) is 16.7. The topological polar surface area (TPSA) is 40.5 Å². The summed E-state index contributed by atoms with van der Waals surface area (Å²) in [7, 11) is -1.24. The van der Waals surface area contributed by atoms with Gasteiger partial charge in [0.05, 0.1) is 12.2 Å². The van der Waals surface area contributed by atoms with Crippen LogP contribution < -0.4 is 0 Å². The Labute approximate surface area is 89.4 Å². The van der Waals surface area contributed by atoms with E-state index in [1.807, 2.05) is 0 Å². The molecular formula is C11H26O2Si. The fourth-order valence-corrected chi connectivity index (χ4v) is 3.09. The van der Waals surface area contributed by atoms with E-state index in [9.17, 15) is 10.2 Å². The molecule has 0 aromatic heterocycles. The van der Waals surface area contributed by atoms with Crippen LogP contribution in [-0.4, -0.2) is 30.5 Å². The number of rotatable bonds is 7. The summed E-state index contributed by atoms with van der Waals surface area (Å²) >= 11 is 0. The Morgan fingerprint density at radius 3 is 2.00 bits per heavy atom. The van der Waals surface area contributed by atoms with Crippen LogP contribution in [0.3, 0.4) is 0 Å². The second-order valence-corrected chi connectivity index (χ2v) is 10.9. The van der Waals surface area contributed by atoms with Gasteiger partial charge in [-0.1, -0.05) is 45.8 Å². The summed E-state index contributed by atoms with van der Waals surface area (Å²) < 4.78 is 0. The van der Waals surface area contributed by atoms with E-state index in [1.54, 1.807) is 0 Å². The minimum atomic E-state index is -1.24. The highest BCUT2D eigenvalue weighted by Crippen LogP contribution is 2.16. The molecular weight excluding hydrogens is 192 g/mol. The molecule has 0 aliphatic carbocycles. The summed E-state index contributed by atoms with van der Waals surface area (Å²) in [5, 5.41) is 19.4. The van der Waals surface area contributed by atoms with Crippen LogP contribution in [0.4, 0.5) is 0 Å². The molecule has 0 aromatic rings. The first-order chi connectivity index (χ1) is 6.37. The fourth-order valence-electron chi connectivity index (χ4n) is 1.56. The Balaban J connectivity index is 3.70. The van der Waals surface area contributed by atoms with Crippen molar-refractivity contribution in [3.8, 4) is 0 Å². The third-order valence-electron chi connectivity index (χ3n) is 2.37. The quantitative estimate of drug-likeness (QED) is 0.509. The maximum absolute atomic E-state index is 9.74. The smallest absolute Gasteiger partial charge is 0.0796 e. The molecule has 0 amide bonds. The fraction of sp³-hybridized carbons (Fsp3) is 1.00.